The van der Waals surface area contributed by atoms with Crippen molar-refractivity contribution in [1.29, 1.82) is 0 Å². The standard InChI is InChI=1S/C25H30N6O3/c1-16-8-17(10-18(9-16)25(32)14-33-15-25)22-12-27-23(26)24(29-22)34-21-11-28-31(13-21)20-4-6-30(7-5-20)19-2-3-19/h8-13,19-20,32H,2-7,14-15H2,1H3,(H2,26,27). The molecule has 2 aromatic heterocycles. The molecule has 0 spiro atoms. The first kappa shape index (κ1) is 21.5. The third-order valence-electron chi connectivity index (χ3n) is 7.09. The minimum Gasteiger partial charge on any atom is -0.433 e. The van der Waals surface area contributed by atoms with Crippen molar-refractivity contribution in [3.8, 4) is 22.9 Å². The molecule has 4 heterocycles. The molecule has 1 saturated carbocycles. The van der Waals surface area contributed by atoms with Crippen LogP contribution in [-0.4, -0.2) is 62.1 Å². The Labute approximate surface area is 198 Å². The maximum absolute atomic E-state index is 10.7. The van der Waals surface area contributed by atoms with Gasteiger partial charge in [-0.25, -0.2) is 9.97 Å². The molecule has 0 bridgehead atoms. The predicted molar refractivity (Wildman–Crippen MR) is 127 cm³/mol. The van der Waals surface area contributed by atoms with Crippen LogP contribution in [0.1, 0.15) is 42.9 Å². The maximum Gasteiger partial charge on any atom is 0.263 e. The Kier molecular flexibility index (Phi) is 5.28. The van der Waals surface area contributed by atoms with Crippen molar-refractivity contribution < 1.29 is 14.6 Å². The number of nitrogens with two attached hydrogens (primary N) is 1. The van der Waals surface area contributed by atoms with Crippen LogP contribution in [-0.2, 0) is 10.3 Å². The van der Waals surface area contributed by atoms with Crippen LogP contribution in [0.25, 0.3) is 11.3 Å². The van der Waals surface area contributed by atoms with Gasteiger partial charge in [0.1, 0.15) is 5.60 Å². The molecule has 9 heteroatoms. The predicted octanol–water partition coefficient (Wildman–Crippen LogP) is 3.04. The number of nitrogen functional groups attached to an aromatic ring is 1. The van der Waals surface area contributed by atoms with Gasteiger partial charge in [0.05, 0.1) is 43.5 Å². The lowest BCUT2D eigenvalue weighted by Gasteiger charge is -2.37. The van der Waals surface area contributed by atoms with Gasteiger partial charge in [-0.1, -0.05) is 11.6 Å². The van der Waals surface area contributed by atoms with Crippen LogP contribution in [0.15, 0.2) is 36.8 Å². The van der Waals surface area contributed by atoms with E-state index in [4.69, 9.17) is 15.2 Å². The van der Waals surface area contributed by atoms with Gasteiger partial charge >= 0.3 is 0 Å². The van der Waals surface area contributed by atoms with E-state index in [0.29, 0.717) is 30.7 Å². The van der Waals surface area contributed by atoms with E-state index in [1.165, 1.54) is 12.8 Å². The van der Waals surface area contributed by atoms with E-state index in [-0.39, 0.29) is 11.7 Å². The molecule has 2 aliphatic heterocycles. The third-order valence-corrected chi connectivity index (χ3v) is 7.09. The quantitative estimate of drug-likeness (QED) is 0.575. The number of hydrogen-bond acceptors (Lipinski definition) is 8. The summed E-state index contributed by atoms with van der Waals surface area (Å²) in [6.45, 7) is 4.83. The normalized spacial score (nSPS) is 20.8. The number of anilines is 1. The summed E-state index contributed by atoms with van der Waals surface area (Å²) in [5.41, 5.74) is 8.42. The number of benzene rings is 1. The smallest absolute Gasteiger partial charge is 0.263 e. The van der Waals surface area contributed by atoms with Crippen molar-refractivity contribution in [2.45, 2.75) is 50.3 Å². The molecule has 0 unspecified atom stereocenters. The lowest BCUT2D eigenvalue weighted by Crippen LogP contribution is -2.46. The number of piperidine rings is 1. The molecule has 3 aromatic rings. The Morgan fingerprint density at radius 3 is 2.59 bits per heavy atom. The van der Waals surface area contributed by atoms with E-state index in [0.717, 1.165) is 48.7 Å². The first-order chi connectivity index (χ1) is 16.5. The van der Waals surface area contributed by atoms with E-state index >= 15 is 0 Å². The van der Waals surface area contributed by atoms with Crippen LogP contribution in [0, 0.1) is 6.92 Å². The van der Waals surface area contributed by atoms with Crippen molar-refractivity contribution in [3.05, 3.63) is 47.9 Å². The Hall–Kier alpha value is -3.01. The second-order valence-electron chi connectivity index (χ2n) is 9.81. The van der Waals surface area contributed by atoms with E-state index in [9.17, 15) is 5.11 Å². The zero-order valence-corrected chi connectivity index (χ0v) is 19.4. The van der Waals surface area contributed by atoms with Crippen LogP contribution < -0.4 is 10.5 Å². The lowest BCUT2D eigenvalue weighted by molar-refractivity contribution is -0.184. The number of hydrogen-bond donors (Lipinski definition) is 2. The lowest BCUT2D eigenvalue weighted by atomic mass is 9.89. The minimum atomic E-state index is -0.954. The van der Waals surface area contributed by atoms with Crippen molar-refractivity contribution in [3.63, 3.8) is 0 Å². The summed E-state index contributed by atoms with van der Waals surface area (Å²) in [4.78, 5) is 11.5. The molecule has 9 nitrogen and oxygen atoms in total. The molecule has 0 amide bonds. The fourth-order valence-electron chi connectivity index (χ4n) is 4.90. The van der Waals surface area contributed by atoms with Crippen molar-refractivity contribution in [1.82, 2.24) is 24.6 Å². The fourth-order valence-corrected chi connectivity index (χ4v) is 4.90. The van der Waals surface area contributed by atoms with Gasteiger partial charge in [-0.2, -0.15) is 5.10 Å². The van der Waals surface area contributed by atoms with Gasteiger partial charge in [0.25, 0.3) is 5.88 Å². The largest absolute Gasteiger partial charge is 0.433 e. The molecule has 3 N–H and O–H groups in total. The first-order valence-electron chi connectivity index (χ1n) is 12.0. The SMILES string of the molecule is Cc1cc(-c2cnc(N)c(Oc3cnn(C4CCN(C5CC5)CC4)c3)n2)cc(C2(O)COC2)c1. The molecular formula is C25H30N6O3. The van der Waals surface area contributed by atoms with E-state index in [1.54, 1.807) is 12.4 Å². The second-order valence-corrected chi connectivity index (χ2v) is 9.81. The highest BCUT2D eigenvalue weighted by Crippen LogP contribution is 2.35. The Bertz CT molecular complexity index is 1200. The number of nitrogens with zero attached hydrogens (tertiary/aromatic N) is 5. The molecule has 1 aromatic carbocycles. The topological polar surface area (TPSA) is 112 Å². The molecule has 0 radical (unpaired) electrons. The summed E-state index contributed by atoms with van der Waals surface area (Å²) in [5, 5.41) is 15.2. The highest BCUT2D eigenvalue weighted by molar-refractivity contribution is 5.63. The number of aliphatic hydroxyl groups is 1. The zero-order valence-electron chi connectivity index (χ0n) is 19.4. The summed E-state index contributed by atoms with van der Waals surface area (Å²) >= 11 is 0. The molecule has 1 aliphatic carbocycles. The van der Waals surface area contributed by atoms with Crippen LogP contribution in [0.3, 0.4) is 0 Å². The Morgan fingerprint density at radius 2 is 1.88 bits per heavy atom. The molecule has 6 rings (SSSR count). The number of aryl methyl sites for hydroxylation is 1. The summed E-state index contributed by atoms with van der Waals surface area (Å²) < 4.78 is 13.2. The molecular weight excluding hydrogens is 432 g/mol. The van der Waals surface area contributed by atoms with Crippen LogP contribution in [0.4, 0.5) is 5.82 Å². The number of aromatic nitrogens is 4. The molecule has 3 aliphatic rings. The monoisotopic (exact) mass is 462 g/mol. The fraction of sp³-hybridized carbons (Fsp3) is 0.480. The summed E-state index contributed by atoms with van der Waals surface area (Å²) in [7, 11) is 0. The minimum absolute atomic E-state index is 0.216. The number of likely N-dealkylation sites (tertiary alicyclic amines) is 1. The van der Waals surface area contributed by atoms with Crippen molar-refractivity contribution in [2.75, 3.05) is 32.0 Å². The van der Waals surface area contributed by atoms with E-state index < -0.39 is 5.60 Å². The molecule has 2 saturated heterocycles. The highest BCUT2D eigenvalue weighted by atomic mass is 16.5. The zero-order chi connectivity index (χ0) is 23.3. The van der Waals surface area contributed by atoms with E-state index in [1.807, 2.05) is 36.0 Å². The number of ether oxygens (including phenoxy) is 2. The number of rotatable bonds is 6. The van der Waals surface area contributed by atoms with Crippen LogP contribution in [0.2, 0.25) is 0 Å². The maximum atomic E-state index is 10.7. The summed E-state index contributed by atoms with van der Waals surface area (Å²) in [6, 6.07) is 7.10. The van der Waals surface area contributed by atoms with Gasteiger partial charge in [-0.15, -0.1) is 0 Å². The van der Waals surface area contributed by atoms with Gasteiger partial charge in [0.15, 0.2) is 11.6 Å². The molecule has 3 fully saturated rings. The first-order valence-corrected chi connectivity index (χ1v) is 12.0. The van der Waals surface area contributed by atoms with Gasteiger partial charge in [-0.3, -0.25) is 4.68 Å². The third kappa shape index (κ3) is 4.15. The Morgan fingerprint density at radius 1 is 1.09 bits per heavy atom. The second kappa shape index (κ2) is 8.33. The summed E-state index contributed by atoms with van der Waals surface area (Å²) in [5.74, 6) is 1.05. The average Bonchev–Trinajstić information content (AvgIpc) is 3.57. The van der Waals surface area contributed by atoms with Crippen LogP contribution >= 0.6 is 0 Å². The van der Waals surface area contributed by atoms with Gasteiger partial charge in [0.2, 0.25) is 0 Å². The summed E-state index contributed by atoms with van der Waals surface area (Å²) in [6.07, 6.45) is 10.2. The van der Waals surface area contributed by atoms with Gasteiger partial charge in [-0.05, 0) is 50.3 Å². The van der Waals surface area contributed by atoms with Gasteiger partial charge in [0, 0.05) is 24.7 Å². The molecule has 34 heavy (non-hydrogen) atoms. The van der Waals surface area contributed by atoms with Gasteiger partial charge < -0.3 is 25.2 Å². The van der Waals surface area contributed by atoms with Crippen molar-refractivity contribution >= 4 is 5.82 Å². The van der Waals surface area contributed by atoms with Crippen LogP contribution in [0.5, 0.6) is 11.6 Å². The van der Waals surface area contributed by atoms with Crippen molar-refractivity contribution in [2.24, 2.45) is 0 Å². The molecule has 178 valence electrons. The Balaban J connectivity index is 1.20. The van der Waals surface area contributed by atoms with E-state index in [2.05, 4.69) is 20.0 Å². The molecule has 0 atom stereocenters. The average molecular weight is 463 g/mol. The highest BCUT2D eigenvalue weighted by Gasteiger charge is 2.38.